The van der Waals surface area contributed by atoms with Gasteiger partial charge in [0.05, 0.1) is 17.4 Å². The quantitative estimate of drug-likeness (QED) is 0.332. The van der Waals surface area contributed by atoms with Gasteiger partial charge < -0.3 is 9.15 Å². The van der Waals surface area contributed by atoms with Crippen LogP contribution in [0.25, 0.3) is 33.1 Å². The lowest BCUT2D eigenvalue weighted by Gasteiger charge is -2.25. The second-order valence-corrected chi connectivity index (χ2v) is 8.10. The molecule has 0 saturated carbocycles. The molecular weight excluding hydrogens is 334 g/mol. The molecule has 2 aromatic heterocycles. The summed E-state index contributed by atoms with van der Waals surface area (Å²) in [4.78, 5) is 0. The van der Waals surface area contributed by atoms with Gasteiger partial charge in [0.2, 0.25) is 11.3 Å². The lowest BCUT2D eigenvalue weighted by Crippen LogP contribution is -2.34. The van der Waals surface area contributed by atoms with Crippen LogP contribution in [0.3, 0.4) is 0 Å². The van der Waals surface area contributed by atoms with Crippen molar-refractivity contribution in [3.05, 3.63) is 52.8 Å². The van der Waals surface area contributed by atoms with Crippen LogP contribution in [0, 0.1) is 20.8 Å². The zero-order chi connectivity index (χ0) is 19.0. The first-order valence-electron chi connectivity index (χ1n) is 9.54. The number of hydrogen-bond acceptors (Lipinski definition) is 2. The third-order valence-electron chi connectivity index (χ3n) is 5.94. The fourth-order valence-electron chi connectivity index (χ4n) is 4.55. The Kier molecular flexibility index (Phi) is 3.24. The van der Waals surface area contributed by atoms with Gasteiger partial charge in [-0.2, -0.15) is 4.57 Å². The number of benzene rings is 2. The normalized spacial score (nSPS) is 12.7. The molecule has 136 valence electrons. The minimum absolute atomic E-state index is 0.292. The number of fused-ring (bicyclic) bond motifs is 3. The van der Waals surface area contributed by atoms with E-state index in [9.17, 15) is 0 Å². The third kappa shape index (κ3) is 2.05. The van der Waals surface area contributed by atoms with E-state index >= 15 is 0 Å². The SMILES string of the molecule is Cc1cc2c3c(c(C)c(C)cc3c1)-c1c(c(C(C)C)c3occc3[n+]1C)O2. The molecule has 0 atom stereocenters. The van der Waals surface area contributed by atoms with Gasteiger partial charge in [0.25, 0.3) is 11.2 Å². The van der Waals surface area contributed by atoms with E-state index in [0.717, 1.165) is 33.9 Å². The Balaban J connectivity index is 2.06. The van der Waals surface area contributed by atoms with E-state index in [0.29, 0.717) is 5.92 Å². The number of furan rings is 1. The maximum atomic E-state index is 6.60. The summed E-state index contributed by atoms with van der Waals surface area (Å²) in [5.41, 5.74) is 9.43. The first-order chi connectivity index (χ1) is 12.9. The fraction of sp³-hybridized carbons (Fsp3) is 0.292. The van der Waals surface area contributed by atoms with E-state index in [1.165, 1.54) is 33.0 Å². The van der Waals surface area contributed by atoms with E-state index in [2.05, 4.69) is 70.5 Å². The maximum Gasteiger partial charge on any atom is 0.257 e. The molecule has 1 aliphatic rings. The topological polar surface area (TPSA) is 26.2 Å². The molecule has 0 spiro atoms. The first kappa shape index (κ1) is 16.4. The van der Waals surface area contributed by atoms with Crippen molar-refractivity contribution in [2.45, 2.75) is 40.5 Å². The highest BCUT2D eigenvalue weighted by Crippen LogP contribution is 2.51. The van der Waals surface area contributed by atoms with Crippen LogP contribution < -0.4 is 9.30 Å². The minimum atomic E-state index is 0.292. The van der Waals surface area contributed by atoms with Crippen LogP contribution in [0.2, 0.25) is 0 Å². The van der Waals surface area contributed by atoms with Gasteiger partial charge >= 0.3 is 0 Å². The number of hydrogen-bond donors (Lipinski definition) is 0. The summed E-state index contributed by atoms with van der Waals surface area (Å²) >= 11 is 0. The summed E-state index contributed by atoms with van der Waals surface area (Å²) in [6.45, 7) is 10.9. The highest BCUT2D eigenvalue weighted by atomic mass is 16.5. The highest BCUT2D eigenvalue weighted by Gasteiger charge is 2.36. The smallest absolute Gasteiger partial charge is 0.257 e. The minimum Gasteiger partial charge on any atom is -0.457 e. The molecule has 0 radical (unpaired) electrons. The van der Waals surface area contributed by atoms with Crippen molar-refractivity contribution >= 4 is 21.9 Å². The number of rotatable bonds is 1. The van der Waals surface area contributed by atoms with Gasteiger partial charge in [0.15, 0.2) is 0 Å². The van der Waals surface area contributed by atoms with Crippen LogP contribution in [0.1, 0.15) is 42.0 Å². The van der Waals surface area contributed by atoms with Crippen LogP contribution in [0.4, 0.5) is 0 Å². The molecule has 0 N–H and O–H groups in total. The van der Waals surface area contributed by atoms with Gasteiger partial charge in [-0.15, -0.1) is 0 Å². The molecule has 3 heteroatoms. The van der Waals surface area contributed by atoms with Crippen molar-refractivity contribution in [3.8, 4) is 22.8 Å². The van der Waals surface area contributed by atoms with Crippen molar-refractivity contribution < 1.29 is 13.7 Å². The molecule has 0 aliphatic carbocycles. The molecule has 4 aromatic rings. The number of ether oxygens (including phenoxy) is 1. The Bertz CT molecular complexity index is 1260. The van der Waals surface area contributed by atoms with Gasteiger partial charge in [-0.25, -0.2) is 0 Å². The summed E-state index contributed by atoms with van der Waals surface area (Å²) < 4.78 is 14.7. The Hall–Kier alpha value is -2.81. The molecule has 0 saturated heterocycles. The molecule has 0 fully saturated rings. The molecule has 0 unspecified atom stereocenters. The average Bonchev–Trinajstić information content (AvgIpc) is 3.07. The monoisotopic (exact) mass is 358 g/mol. The van der Waals surface area contributed by atoms with E-state index < -0.39 is 0 Å². The van der Waals surface area contributed by atoms with Crippen molar-refractivity contribution in [3.63, 3.8) is 0 Å². The van der Waals surface area contributed by atoms with Gasteiger partial charge in [0.1, 0.15) is 12.8 Å². The fourth-order valence-corrected chi connectivity index (χ4v) is 4.55. The lowest BCUT2D eigenvalue weighted by molar-refractivity contribution is -0.634. The van der Waals surface area contributed by atoms with E-state index in [-0.39, 0.29) is 0 Å². The van der Waals surface area contributed by atoms with E-state index in [1.807, 2.05) is 0 Å². The Labute approximate surface area is 159 Å². The van der Waals surface area contributed by atoms with Crippen LogP contribution in [-0.4, -0.2) is 0 Å². The Morgan fingerprint density at radius 1 is 1.04 bits per heavy atom. The molecule has 27 heavy (non-hydrogen) atoms. The highest BCUT2D eigenvalue weighted by molar-refractivity contribution is 6.05. The van der Waals surface area contributed by atoms with Gasteiger partial charge in [0, 0.05) is 11.5 Å². The Morgan fingerprint density at radius 2 is 1.81 bits per heavy atom. The van der Waals surface area contributed by atoms with Crippen molar-refractivity contribution in [1.82, 2.24) is 0 Å². The van der Waals surface area contributed by atoms with Crippen molar-refractivity contribution in [1.29, 1.82) is 0 Å². The van der Waals surface area contributed by atoms with Gasteiger partial charge in [-0.3, -0.25) is 0 Å². The summed E-state index contributed by atoms with van der Waals surface area (Å²) in [6.07, 6.45) is 1.78. The summed E-state index contributed by atoms with van der Waals surface area (Å²) in [7, 11) is 2.11. The lowest BCUT2D eigenvalue weighted by atomic mass is 9.88. The van der Waals surface area contributed by atoms with Crippen LogP contribution in [-0.2, 0) is 7.05 Å². The summed E-state index contributed by atoms with van der Waals surface area (Å²) in [5, 5.41) is 2.46. The predicted molar refractivity (Wildman–Crippen MR) is 109 cm³/mol. The van der Waals surface area contributed by atoms with Gasteiger partial charge in [-0.1, -0.05) is 26.0 Å². The molecule has 5 rings (SSSR count). The molecule has 2 aromatic carbocycles. The molecule has 3 nitrogen and oxygen atoms in total. The zero-order valence-corrected chi connectivity index (χ0v) is 16.7. The second-order valence-electron chi connectivity index (χ2n) is 8.10. The average molecular weight is 358 g/mol. The molecular formula is C24H24NO2+. The molecule has 1 aliphatic heterocycles. The van der Waals surface area contributed by atoms with Gasteiger partial charge in [-0.05, 0) is 54.8 Å². The largest absolute Gasteiger partial charge is 0.457 e. The Morgan fingerprint density at radius 3 is 2.56 bits per heavy atom. The standard InChI is InChI=1S/C24H24NO2/c1-12(2)19-23-17(7-8-26-23)25(6)22-20-15(5)14(4)11-16-9-13(3)10-18(21(16)20)27-24(19)22/h7-12H,1-6H3/q+1. The number of pyridine rings is 1. The summed E-state index contributed by atoms with van der Waals surface area (Å²) in [6, 6.07) is 8.73. The van der Waals surface area contributed by atoms with Crippen LogP contribution in [0.5, 0.6) is 11.5 Å². The molecule has 3 heterocycles. The molecule has 0 amide bonds. The zero-order valence-electron chi connectivity index (χ0n) is 16.7. The summed E-state index contributed by atoms with van der Waals surface area (Å²) in [5.74, 6) is 2.17. The molecule has 0 bridgehead atoms. The predicted octanol–water partition coefficient (Wildman–Crippen LogP) is 6.23. The third-order valence-corrected chi connectivity index (χ3v) is 5.94. The second kappa shape index (κ2) is 5.35. The first-order valence-corrected chi connectivity index (χ1v) is 9.54. The number of nitrogens with zero attached hydrogens (tertiary/aromatic N) is 1. The van der Waals surface area contributed by atoms with E-state index in [1.54, 1.807) is 6.26 Å². The van der Waals surface area contributed by atoms with Crippen LogP contribution in [0.15, 0.2) is 34.9 Å². The maximum absolute atomic E-state index is 6.60. The number of aromatic nitrogens is 1. The van der Waals surface area contributed by atoms with Crippen molar-refractivity contribution in [2.24, 2.45) is 7.05 Å². The van der Waals surface area contributed by atoms with Crippen molar-refractivity contribution in [2.75, 3.05) is 0 Å². The van der Waals surface area contributed by atoms with Crippen LogP contribution >= 0.6 is 0 Å². The van der Waals surface area contributed by atoms with E-state index in [4.69, 9.17) is 9.15 Å². The number of aryl methyl sites for hydroxylation is 3.